The number of aromatic nitrogens is 1. The second-order valence-corrected chi connectivity index (χ2v) is 8.29. The summed E-state index contributed by atoms with van der Waals surface area (Å²) in [6.45, 7) is 5.41. The lowest BCUT2D eigenvalue weighted by Gasteiger charge is -2.28. The highest BCUT2D eigenvalue weighted by Crippen LogP contribution is 2.29. The van der Waals surface area contributed by atoms with Gasteiger partial charge in [-0.2, -0.15) is 0 Å². The van der Waals surface area contributed by atoms with E-state index < -0.39 is 23.3 Å². The van der Waals surface area contributed by atoms with Crippen molar-refractivity contribution < 1.29 is 18.8 Å². The van der Waals surface area contributed by atoms with E-state index in [0.29, 0.717) is 18.5 Å². The average Bonchev–Trinajstić information content (AvgIpc) is 3.25. The molecule has 1 saturated heterocycles. The summed E-state index contributed by atoms with van der Waals surface area (Å²) in [4.78, 5) is 45.1. The van der Waals surface area contributed by atoms with Crippen molar-refractivity contribution in [3.05, 3.63) is 52.2 Å². The van der Waals surface area contributed by atoms with Gasteiger partial charge in [-0.1, -0.05) is 12.1 Å². The van der Waals surface area contributed by atoms with Gasteiger partial charge >= 0.3 is 6.03 Å². The third kappa shape index (κ3) is 4.29. The van der Waals surface area contributed by atoms with E-state index in [9.17, 15) is 18.8 Å². The van der Waals surface area contributed by atoms with E-state index in [4.69, 9.17) is 0 Å². The number of rotatable bonds is 7. The number of imide groups is 1. The second-order valence-electron chi connectivity index (χ2n) is 7.31. The fraction of sp³-hybridized carbons (Fsp3) is 0.400. The van der Waals surface area contributed by atoms with Crippen molar-refractivity contribution in [3.8, 4) is 0 Å². The monoisotopic (exact) mass is 418 g/mol. The molecule has 154 valence electrons. The molecule has 0 unspecified atom stereocenters. The molecule has 9 heteroatoms. The van der Waals surface area contributed by atoms with Gasteiger partial charge in [0, 0.05) is 30.6 Å². The predicted molar refractivity (Wildman–Crippen MR) is 107 cm³/mol. The molecule has 1 aliphatic rings. The van der Waals surface area contributed by atoms with E-state index in [1.165, 1.54) is 35.6 Å². The Hall–Kier alpha value is -2.81. The van der Waals surface area contributed by atoms with Gasteiger partial charge in [0.1, 0.15) is 17.9 Å². The van der Waals surface area contributed by atoms with Crippen LogP contribution in [0.15, 0.2) is 35.8 Å². The predicted octanol–water partition coefficient (Wildman–Crippen LogP) is 2.53. The van der Waals surface area contributed by atoms with Crippen LogP contribution in [0.5, 0.6) is 0 Å². The first kappa shape index (κ1) is 20.9. The van der Waals surface area contributed by atoms with E-state index >= 15 is 0 Å². The topological polar surface area (TPSA) is 82.6 Å². The Labute approximate surface area is 172 Å². The van der Waals surface area contributed by atoms with E-state index in [1.54, 1.807) is 18.0 Å². The molecule has 3 rings (SSSR count). The molecule has 2 heterocycles. The van der Waals surface area contributed by atoms with Gasteiger partial charge in [0.15, 0.2) is 0 Å². The van der Waals surface area contributed by atoms with Gasteiger partial charge in [0.25, 0.3) is 5.91 Å². The molecule has 0 aliphatic carbocycles. The van der Waals surface area contributed by atoms with Gasteiger partial charge in [0.05, 0.1) is 5.01 Å². The van der Waals surface area contributed by atoms with Crippen LogP contribution in [0.1, 0.15) is 31.3 Å². The highest BCUT2D eigenvalue weighted by atomic mass is 32.1. The lowest BCUT2D eigenvalue weighted by Crippen LogP contribution is -2.47. The third-order valence-corrected chi connectivity index (χ3v) is 5.82. The summed E-state index contributed by atoms with van der Waals surface area (Å²) in [7, 11) is 0. The van der Waals surface area contributed by atoms with Crippen LogP contribution in [0.25, 0.3) is 0 Å². The molecule has 0 radical (unpaired) electrons. The maximum atomic E-state index is 13.2. The number of carbonyl (C=O) groups excluding carboxylic acids is 3. The minimum Gasteiger partial charge on any atom is -0.338 e. The molecular weight excluding hydrogens is 395 g/mol. The van der Waals surface area contributed by atoms with Crippen molar-refractivity contribution in [2.75, 3.05) is 13.1 Å². The fourth-order valence-corrected chi connectivity index (χ4v) is 3.92. The van der Waals surface area contributed by atoms with Crippen LogP contribution in [-0.4, -0.2) is 51.8 Å². The Morgan fingerprint density at radius 2 is 2.00 bits per heavy atom. The van der Waals surface area contributed by atoms with Crippen molar-refractivity contribution in [2.45, 2.75) is 38.8 Å². The SMILES string of the molecule is CC(C)N(CCc1nccs1)C(=O)CN1C(=O)N[C@@](C)(c2ccc(F)cc2)C1=O. The number of nitrogens with zero attached hydrogens (tertiary/aromatic N) is 3. The van der Waals surface area contributed by atoms with Crippen molar-refractivity contribution in [1.82, 2.24) is 20.1 Å². The summed E-state index contributed by atoms with van der Waals surface area (Å²) >= 11 is 1.52. The molecule has 0 saturated carbocycles. The second kappa shape index (κ2) is 8.28. The van der Waals surface area contributed by atoms with Gasteiger partial charge in [-0.25, -0.2) is 14.2 Å². The first-order chi connectivity index (χ1) is 13.7. The van der Waals surface area contributed by atoms with Crippen molar-refractivity contribution in [2.24, 2.45) is 0 Å². The summed E-state index contributed by atoms with van der Waals surface area (Å²) in [5.74, 6) is -1.29. The molecule has 7 nitrogen and oxygen atoms in total. The standard InChI is InChI=1S/C20H23FN4O3S/c1-13(2)24(10-8-16-22-9-11-29-16)17(26)12-25-18(27)20(3,23-19(25)28)14-4-6-15(21)7-5-14/h4-7,9,11,13H,8,10,12H2,1-3H3,(H,23,28)/t20-/m0/s1. The van der Waals surface area contributed by atoms with Gasteiger partial charge in [-0.15, -0.1) is 11.3 Å². The number of hydrogen-bond acceptors (Lipinski definition) is 5. The number of thiazole rings is 1. The summed E-state index contributed by atoms with van der Waals surface area (Å²) in [6.07, 6.45) is 2.32. The van der Waals surface area contributed by atoms with Gasteiger partial charge < -0.3 is 10.2 Å². The van der Waals surface area contributed by atoms with E-state index in [-0.39, 0.29) is 18.5 Å². The van der Waals surface area contributed by atoms with Crippen LogP contribution in [0.4, 0.5) is 9.18 Å². The molecule has 0 spiro atoms. The smallest absolute Gasteiger partial charge is 0.325 e. The molecule has 1 fully saturated rings. The average molecular weight is 418 g/mol. The number of benzene rings is 1. The normalized spacial score (nSPS) is 19.0. The van der Waals surface area contributed by atoms with Crippen LogP contribution in [-0.2, 0) is 21.5 Å². The zero-order valence-corrected chi connectivity index (χ0v) is 17.3. The van der Waals surface area contributed by atoms with Crippen LogP contribution in [0, 0.1) is 5.82 Å². The minimum atomic E-state index is -1.34. The van der Waals surface area contributed by atoms with E-state index in [1.807, 2.05) is 19.2 Å². The maximum absolute atomic E-state index is 13.2. The third-order valence-electron chi connectivity index (χ3n) is 4.98. The molecule has 1 N–H and O–H groups in total. The number of hydrogen-bond donors (Lipinski definition) is 1. The van der Waals surface area contributed by atoms with Crippen LogP contribution in [0.3, 0.4) is 0 Å². The van der Waals surface area contributed by atoms with Gasteiger partial charge in [-0.05, 0) is 38.5 Å². The summed E-state index contributed by atoms with van der Waals surface area (Å²) in [5, 5.41) is 5.42. The first-order valence-corrected chi connectivity index (χ1v) is 10.2. The Morgan fingerprint density at radius 3 is 2.59 bits per heavy atom. The molecule has 2 aromatic rings. The zero-order chi connectivity index (χ0) is 21.2. The number of carbonyl (C=O) groups is 3. The molecule has 1 atom stereocenters. The Morgan fingerprint density at radius 1 is 1.31 bits per heavy atom. The molecular formula is C20H23FN4O3S. The number of halogens is 1. The van der Waals surface area contributed by atoms with Crippen molar-refractivity contribution in [3.63, 3.8) is 0 Å². The highest BCUT2D eigenvalue weighted by molar-refractivity contribution is 7.09. The van der Waals surface area contributed by atoms with Crippen LogP contribution < -0.4 is 5.32 Å². The Kier molecular flexibility index (Phi) is 5.97. The molecule has 1 aromatic heterocycles. The fourth-order valence-electron chi connectivity index (χ4n) is 3.31. The summed E-state index contributed by atoms with van der Waals surface area (Å²) < 4.78 is 13.2. The maximum Gasteiger partial charge on any atom is 0.325 e. The number of amides is 4. The molecule has 1 aromatic carbocycles. The molecule has 29 heavy (non-hydrogen) atoms. The Balaban J connectivity index is 1.72. The molecule has 1 aliphatic heterocycles. The lowest BCUT2D eigenvalue weighted by molar-refractivity contribution is -0.139. The highest BCUT2D eigenvalue weighted by Gasteiger charge is 2.49. The number of urea groups is 1. The molecule has 0 bridgehead atoms. The van der Waals surface area contributed by atoms with E-state index in [0.717, 1.165) is 9.91 Å². The quantitative estimate of drug-likeness (QED) is 0.701. The van der Waals surface area contributed by atoms with Crippen LogP contribution >= 0.6 is 11.3 Å². The van der Waals surface area contributed by atoms with Gasteiger partial charge in [0.2, 0.25) is 5.91 Å². The van der Waals surface area contributed by atoms with Crippen molar-refractivity contribution >= 4 is 29.2 Å². The first-order valence-electron chi connectivity index (χ1n) is 9.30. The van der Waals surface area contributed by atoms with Crippen molar-refractivity contribution in [1.29, 1.82) is 0 Å². The van der Waals surface area contributed by atoms with Gasteiger partial charge in [-0.3, -0.25) is 14.5 Å². The zero-order valence-electron chi connectivity index (χ0n) is 16.5. The number of nitrogens with one attached hydrogen (secondary N) is 1. The largest absolute Gasteiger partial charge is 0.338 e. The van der Waals surface area contributed by atoms with Crippen LogP contribution in [0.2, 0.25) is 0 Å². The summed E-state index contributed by atoms with van der Waals surface area (Å²) in [6, 6.07) is 4.63. The molecule has 4 amide bonds. The Bertz CT molecular complexity index is 901. The van der Waals surface area contributed by atoms with E-state index in [2.05, 4.69) is 10.3 Å². The summed E-state index contributed by atoms with van der Waals surface area (Å²) in [5.41, 5.74) is -0.883. The minimum absolute atomic E-state index is 0.0910. The lowest BCUT2D eigenvalue weighted by atomic mass is 9.92.